The molecule has 3 amide bonds. The summed E-state index contributed by atoms with van der Waals surface area (Å²) in [4.78, 5) is 40.5. The van der Waals surface area contributed by atoms with E-state index in [-0.39, 0.29) is 6.61 Å². The Bertz CT molecular complexity index is 1280. The fourth-order valence-electron chi connectivity index (χ4n) is 4.06. The molecule has 3 aromatic rings. The van der Waals surface area contributed by atoms with Gasteiger partial charge in [-0.15, -0.1) is 0 Å². The number of amides is 3. The van der Waals surface area contributed by atoms with Gasteiger partial charge in [-0.3, -0.25) is 14.4 Å². The number of carbonyl (C=O) groups excluding carboxylic acids is 3. The van der Waals surface area contributed by atoms with Gasteiger partial charge in [0.25, 0.3) is 11.8 Å². The third-order valence-electron chi connectivity index (χ3n) is 5.77. The molecule has 0 saturated carbocycles. The number of imide groups is 1. The van der Waals surface area contributed by atoms with Crippen LogP contribution in [0.1, 0.15) is 25.3 Å². The lowest BCUT2D eigenvalue weighted by molar-refractivity contribution is -0.131. The van der Waals surface area contributed by atoms with Crippen molar-refractivity contribution in [1.29, 1.82) is 0 Å². The molecular weight excluding hydrogens is 454 g/mol. The normalized spacial score (nSPS) is 15.6. The summed E-state index contributed by atoms with van der Waals surface area (Å²) < 4.78 is 5.44. The number of nitrogen functional groups attached to an aromatic ring is 1. The summed E-state index contributed by atoms with van der Waals surface area (Å²) in [7, 11) is 0. The first-order chi connectivity index (χ1) is 16.3. The molecule has 1 aliphatic rings. The summed E-state index contributed by atoms with van der Waals surface area (Å²) in [5.74, 6) is -1.71. The van der Waals surface area contributed by atoms with E-state index in [1.54, 1.807) is 49.4 Å². The number of hydrogen-bond donors (Lipinski definition) is 2. The molecular formula is C26H24ClN3O4. The Hall–Kier alpha value is -3.84. The second-order valence-electron chi connectivity index (χ2n) is 8.07. The Balaban J connectivity index is 1.59. The maximum Gasteiger partial charge on any atom is 0.258 e. The van der Waals surface area contributed by atoms with Crippen molar-refractivity contribution in [2.45, 2.75) is 25.8 Å². The molecule has 1 unspecified atom stereocenters. The van der Waals surface area contributed by atoms with Gasteiger partial charge in [-0.2, -0.15) is 0 Å². The lowest BCUT2D eigenvalue weighted by Crippen LogP contribution is -2.51. The fourth-order valence-corrected chi connectivity index (χ4v) is 4.25. The molecule has 0 aliphatic carbocycles. The largest absolute Gasteiger partial charge is 0.482 e. The van der Waals surface area contributed by atoms with Crippen LogP contribution in [0.4, 0.5) is 11.4 Å². The lowest BCUT2D eigenvalue weighted by atomic mass is 9.92. The maximum atomic E-state index is 13.5. The van der Waals surface area contributed by atoms with Crippen LogP contribution in [-0.4, -0.2) is 30.4 Å². The molecule has 174 valence electrons. The van der Waals surface area contributed by atoms with Crippen molar-refractivity contribution in [3.05, 3.63) is 77.3 Å². The molecule has 7 nitrogen and oxygen atoms in total. The van der Waals surface area contributed by atoms with Crippen molar-refractivity contribution < 1.29 is 19.1 Å². The Labute approximate surface area is 202 Å². The lowest BCUT2D eigenvalue weighted by Gasteiger charge is -2.26. The summed E-state index contributed by atoms with van der Waals surface area (Å²) in [6, 6.07) is 18.4. The van der Waals surface area contributed by atoms with Gasteiger partial charge in [-0.25, -0.2) is 4.90 Å². The van der Waals surface area contributed by atoms with Crippen LogP contribution in [0.25, 0.3) is 11.1 Å². The minimum Gasteiger partial charge on any atom is -0.482 e. The zero-order valence-corrected chi connectivity index (χ0v) is 19.5. The maximum absolute atomic E-state index is 13.5. The topological polar surface area (TPSA) is 102 Å². The average Bonchev–Trinajstić information content (AvgIpc) is 2.92. The summed E-state index contributed by atoms with van der Waals surface area (Å²) in [6.45, 7) is 2.95. The first-order valence-corrected chi connectivity index (χ1v) is 11.2. The van der Waals surface area contributed by atoms with E-state index in [0.29, 0.717) is 27.7 Å². The minimum atomic E-state index is -0.992. The van der Waals surface area contributed by atoms with Crippen LogP contribution in [0.3, 0.4) is 0 Å². The van der Waals surface area contributed by atoms with Crippen LogP contribution in [-0.2, 0) is 14.4 Å². The molecule has 1 aliphatic heterocycles. The highest BCUT2D eigenvalue weighted by Crippen LogP contribution is 2.44. The van der Waals surface area contributed by atoms with E-state index >= 15 is 0 Å². The Morgan fingerprint density at radius 3 is 2.56 bits per heavy atom. The van der Waals surface area contributed by atoms with Gasteiger partial charge in [0.1, 0.15) is 11.8 Å². The van der Waals surface area contributed by atoms with Gasteiger partial charge in [-0.05, 0) is 49.2 Å². The summed E-state index contributed by atoms with van der Waals surface area (Å²) in [5, 5.41) is 2.98. The molecule has 3 N–H and O–H groups in total. The first-order valence-electron chi connectivity index (χ1n) is 10.8. The fraction of sp³-hybridized carbons (Fsp3) is 0.192. The van der Waals surface area contributed by atoms with Gasteiger partial charge in [-0.1, -0.05) is 54.1 Å². The quantitative estimate of drug-likeness (QED) is 0.537. The third kappa shape index (κ3) is 4.34. The number of anilines is 2. The second-order valence-corrected chi connectivity index (χ2v) is 8.48. The molecule has 3 aromatic carbocycles. The van der Waals surface area contributed by atoms with Gasteiger partial charge >= 0.3 is 0 Å². The van der Waals surface area contributed by atoms with Crippen molar-refractivity contribution in [3.8, 4) is 16.9 Å². The Morgan fingerprint density at radius 1 is 1.09 bits per heavy atom. The number of halogens is 1. The van der Waals surface area contributed by atoms with Gasteiger partial charge in [0, 0.05) is 11.3 Å². The van der Waals surface area contributed by atoms with E-state index < -0.39 is 29.7 Å². The third-order valence-corrected chi connectivity index (χ3v) is 6.08. The molecule has 4 rings (SSSR count). The number of benzene rings is 3. The molecule has 0 bridgehead atoms. The first kappa shape index (κ1) is 23.3. The van der Waals surface area contributed by atoms with Gasteiger partial charge in [0.05, 0.1) is 16.6 Å². The van der Waals surface area contributed by atoms with E-state index in [1.165, 1.54) is 6.92 Å². The summed E-state index contributed by atoms with van der Waals surface area (Å²) >= 11 is 6.04. The molecule has 0 aromatic heterocycles. The average molecular weight is 478 g/mol. The van der Waals surface area contributed by atoms with Gasteiger partial charge in [0.15, 0.2) is 6.61 Å². The molecule has 0 fully saturated rings. The smallest absolute Gasteiger partial charge is 0.258 e. The highest BCUT2D eigenvalue weighted by molar-refractivity contribution is 6.32. The highest BCUT2D eigenvalue weighted by atomic mass is 35.5. The standard InChI is InChI=1S/C26H24ClN3O4/c1-15-17-8-3-4-9-18(17)24-20(28)11-7-12-21(24)30(25(15)32)26(33)16(2)29-23(31)14-34-22-13-6-5-10-19(22)27/h3-13,15-16H,14,28H2,1-2H3,(H,29,31)/t15?,16-/m0/s1. The van der Waals surface area contributed by atoms with E-state index in [4.69, 9.17) is 22.1 Å². The molecule has 2 atom stereocenters. The number of ether oxygens (including phenoxy) is 1. The van der Waals surface area contributed by atoms with Crippen LogP contribution in [0.2, 0.25) is 5.02 Å². The number of hydrogen-bond acceptors (Lipinski definition) is 5. The van der Waals surface area contributed by atoms with Crippen molar-refractivity contribution in [2.75, 3.05) is 17.2 Å². The van der Waals surface area contributed by atoms with Crippen LogP contribution in [0.5, 0.6) is 5.75 Å². The van der Waals surface area contributed by atoms with Crippen molar-refractivity contribution in [2.24, 2.45) is 0 Å². The monoisotopic (exact) mass is 477 g/mol. The van der Waals surface area contributed by atoms with Crippen molar-refractivity contribution >= 4 is 40.7 Å². The van der Waals surface area contributed by atoms with E-state index in [2.05, 4.69) is 5.32 Å². The number of para-hydroxylation sites is 1. The zero-order chi connectivity index (χ0) is 24.4. The second kappa shape index (κ2) is 9.57. The zero-order valence-electron chi connectivity index (χ0n) is 18.7. The number of nitrogens with zero attached hydrogens (tertiary/aromatic N) is 1. The molecule has 0 saturated heterocycles. The Morgan fingerprint density at radius 2 is 1.79 bits per heavy atom. The van der Waals surface area contributed by atoms with Gasteiger partial charge < -0.3 is 15.8 Å². The molecule has 8 heteroatoms. The summed E-state index contributed by atoms with van der Waals surface area (Å²) in [5.41, 5.74) is 9.34. The molecule has 1 heterocycles. The van der Waals surface area contributed by atoms with E-state index in [9.17, 15) is 14.4 Å². The Kier molecular flexibility index (Phi) is 6.56. The number of rotatable bonds is 5. The van der Waals surface area contributed by atoms with Crippen LogP contribution in [0.15, 0.2) is 66.7 Å². The van der Waals surface area contributed by atoms with E-state index in [1.807, 2.05) is 24.3 Å². The molecule has 0 spiro atoms. The van der Waals surface area contributed by atoms with Crippen molar-refractivity contribution in [3.63, 3.8) is 0 Å². The van der Waals surface area contributed by atoms with Crippen LogP contribution >= 0.6 is 11.6 Å². The number of fused-ring (bicyclic) bond motifs is 3. The highest BCUT2D eigenvalue weighted by Gasteiger charge is 2.37. The molecule has 34 heavy (non-hydrogen) atoms. The van der Waals surface area contributed by atoms with Crippen molar-refractivity contribution in [1.82, 2.24) is 5.32 Å². The van der Waals surface area contributed by atoms with E-state index in [0.717, 1.165) is 16.0 Å². The predicted molar refractivity (Wildman–Crippen MR) is 132 cm³/mol. The van der Waals surface area contributed by atoms with Gasteiger partial charge in [0.2, 0.25) is 5.91 Å². The number of carbonyl (C=O) groups is 3. The SMILES string of the molecule is CC1C(=O)N(C(=O)[C@H](C)NC(=O)COc2ccccc2Cl)c2cccc(N)c2-c2ccccc21. The number of nitrogens with two attached hydrogens (primary N) is 1. The van der Waals surface area contributed by atoms with Crippen LogP contribution in [0, 0.1) is 0 Å². The molecule has 0 radical (unpaired) electrons. The van der Waals surface area contributed by atoms with Crippen LogP contribution < -0.4 is 20.7 Å². The predicted octanol–water partition coefficient (Wildman–Crippen LogP) is 4.15. The summed E-state index contributed by atoms with van der Waals surface area (Å²) in [6.07, 6.45) is 0. The minimum absolute atomic E-state index is 0.333. The number of nitrogens with one attached hydrogen (secondary N) is 1.